The van der Waals surface area contributed by atoms with Gasteiger partial charge in [0, 0.05) is 44.4 Å². The molecule has 1 atom stereocenters. The molecule has 1 saturated heterocycles. The lowest BCUT2D eigenvalue weighted by molar-refractivity contribution is -0.117. The number of anilines is 1. The van der Waals surface area contributed by atoms with Crippen LogP contribution in [-0.2, 0) is 11.8 Å². The first-order chi connectivity index (χ1) is 19.3. The van der Waals surface area contributed by atoms with Gasteiger partial charge in [0.15, 0.2) is 23.1 Å². The van der Waals surface area contributed by atoms with Gasteiger partial charge in [0.25, 0.3) is 5.56 Å². The molecule has 0 bridgehead atoms. The molecule has 1 N–H and O–H groups in total. The van der Waals surface area contributed by atoms with Crippen molar-refractivity contribution >= 4 is 22.8 Å². The summed E-state index contributed by atoms with van der Waals surface area (Å²) in [5.74, 6) is 0.744. The first kappa shape index (κ1) is 27.1. The third-order valence-electron chi connectivity index (χ3n) is 7.00. The lowest BCUT2D eigenvalue weighted by Gasteiger charge is -2.33. The standard InChI is InChI=1S/C29H30FN5O5/c1-17(36)35(19-6-5-10-31-15-19)29-33-16-21(28(37)34(29)2)18-7-8-25(22(30)12-18)40-24-9-11-32-23-14-27(39-4)26(38-3)13-20(23)24/h7-9,11-14,16,19,31H,5-6,10,15H2,1-4H3. The lowest BCUT2D eigenvalue weighted by atomic mass is 10.1. The zero-order chi connectivity index (χ0) is 28.4. The zero-order valence-corrected chi connectivity index (χ0v) is 22.7. The molecule has 5 rings (SSSR count). The minimum absolute atomic E-state index is 0.0278. The van der Waals surface area contributed by atoms with E-state index in [9.17, 15) is 9.59 Å². The number of rotatable bonds is 7. The fourth-order valence-corrected chi connectivity index (χ4v) is 4.98. The van der Waals surface area contributed by atoms with Crippen molar-refractivity contribution in [3.63, 3.8) is 0 Å². The first-order valence-corrected chi connectivity index (χ1v) is 12.9. The smallest absolute Gasteiger partial charge is 0.262 e. The Labute approximate surface area is 230 Å². The van der Waals surface area contributed by atoms with Crippen LogP contribution in [0.3, 0.4) is 0 Å². The molecule has 4 aromatic rings. The fraction of sp³-hybridized carbons (Fsp3) is 0.310. The summed E-state index contributed by atoms with van der Waals surface area (Å²) >= 11 is 0. The second kappa shape index (κ2) is 11.3. The Morgan fingerprint density at radius 2 is 1.85 bits per heavy atom. The number of carbonyl (C=O) groups excluding carboxylic acids is 1. The maximum atomic E-state index is 15.3. The van der Waals surface area contributed by atoms with Gasteiger partial charge in [-0.3, -0.25) is 24.0 Å². The van der Waals surface area contributed by atoms with Crippen LogP contribution in [0.1, 0.15) is 19.8 Å². The number of carbonyl (C=O) groups is 1. The number of nitrogens with zero attached hydrogens (tertiary/aromatic N) is 4. The van der Waals surface area contributed by atoms with E-state index in [2.05, 4.69) is 15.3 Å². The second-order valence-corrected chi connectivity index (χ2v) is 9.51. The first-order valence-electron chi connectivity index (χ1n) is 12.9. The van der Waals surface area contributed by atoms with E-state index in [1.807, 2.05) is 0 Å². The van der Waals surface area contributed by atoms with Gasteiger partial charge in [-0.1, -0.05) is 6.07 Å². The molecule has 0 saturated carbocycles. The summed E-state index contributed by atoms with van der Waals surface area (Å²) in [4.78, 5) is 36.2. The van der Waals surface area contributed by atoms with Crippen LogP contribution in [0, 0.1) is 5.82 Å². The molecule has 1 amide bonds. The number of piperidine rings is 1. The normalized spacial score (nSPS) is 15.1. The number of benzene rings is 2. The molecule has 0 spiro atoms. The molecule has 0 aliphatic carbocycles. The number of hydrogen-bond acceptors (Lipinski definition) is 8. The molecule has 1 fully saturated rings. The molecule has 1 aliphatic heterocycles. The summed E-state index contributed by atoms with van der Waals surface area (Å²) in [7, 11) is 4.62. The minimum Gasteiger partial charge on any atom is -0.493 e. The van der Waals surface area contributed by atoms with Crippen molar-refractivity contribution in [3.8, 4) is 34.1 Å². The second-order valence-electron chi connectivity index (χ2n) is 9.51. The van der Waals surface area contributed by atoms with Gasteiger partial charge in [-0.25, -0.2) is 9.37 Å². The molecule has 11 heteroatoms. The molecular formula is C29H30FN5O5. The fourth-order valence-electron chi connectivity index (χ4n) is 4.98. The van der Waals surface area contributed by atoms with E-state index >= 15 is 4.39 Å². The molecule has 10 nitrogen and oxygen atoms in total. The van der Waals surface area contributed by atoms with Crippen LogP contribution in [0.4, 0.5) is 10.3 Å². The Morgan fingerprint density at radius 1 is 1.07 bits per heavy atom. The van der Waals surface area contributed by atoms with Crippen LogP contribution in [0.25, 0.3) is 22.0 Å². The van der Waals surface area contributed by atoms with Crippen LogP contribution < -0.4 is 30.0 Å². The molecule has 40 heavy (non-hydrogen) atoms. The summed E-state index contributed by atoms with van der Waals surface area (Å²) in [6, 6.07) is 9.24. The van der Waals surface area contributed by atoms with E-state index in [0.29, 0.717) is 40.3 Å². The van der Waals surface area contributed by atoms with Gasteiger partial charge in [-0.15, -0.1) is 0 Å². The average Bonchev–Trinajstić information content (AvgIpc) is 2.96. The SMILES string of the molecule is COc1cc2nccc(Oc3ccc(-c4cnc(N(C(C)=O)C5CCCNC5)n(C)c4=O)cc3F)c2cc1OC. The molecule has 2 aromatic carbocycles. The zero-order valence-electron chi connectivity index (χ0n) is 22.7. The highest BCUT2D eigenvalue weighted by atomic mass is 19.1. The summed E-state index contributed by atoms with van der Waals surface area (Å²) in [6.07, 6.45) is 4.67. The number of aromatic nitrogens is 3. The topological polar surface area (TPSA) is 108 Å². The minimum atomic E-state index is -0.660. The van der Waals surface area contributed by atoms with Gasteiger partial charge in [-0.05, 0) is 49.2 Å². The van der Waals surface area contributed by atoms with Crippen LogP contribution >= 0.6 is 0 Å². The van der Waals surface area contributed by atoms with E-state index in [1.165, 1.54) is 44.0 Å². The molecule has 208 valence electrons. The number of fused-ring (bicyclic) bond motifs is 1. The Morgan fingerprint density at radius 3 is 2.52 bits per heavy atom. The quantitative estimate of drug-likeness (QED) is 0.369. The van der Waals surface area contributed by atoms with Gasteiger partial charge in [0.05, 0.1) is 31.3 Å². The van der Waals surface area contributed by atoms with Gasteiger partial charge in [-0.2, -0.15) is 0 Å². The third-order valence-corrected chi connectivity index (χ3v) is 7.00. The van der Waals surface area contributed by atoms with Crippen LogP contribution in [0.2, 0.25) is 0 Å². The Kier molecular flexibility index (Phi) is 7.65. The Balaban J connectivity index is 1.46. The van der Waals surface area contributed by atoms with Crippen molar-refractivity contribution in [1.82, 2.24) is 19.9 Å². The van der Waals surface area contributed by atoms with Crippen LogP contribution in [0.5, 0.6) is 23.0 Å². The van der Waals surface area contributed by atoms with Crippen molar-refractivity contribution in [3.05, 3.63) is 65.0 Å². The Bertz CT molecular complexity index is 1630. The molecule has 1 aliphatic rings. The number of nitrogens with one attached hydrogen (secondary N) is 1. The van der Waals surface area contributed by atoms with Crippen molar-refractivity contribution in [2.45, 2.75) is 25.8 Å². The van der Waals surface area contributed by atoms with Crippen LogP contribution in [-0.4, -0.2) is 53.8 Å². The summed E-state index contributed by atoms with van der Waals surface area (Å²) < 4.78 is 33.3. The monoisotopic (exact) mass is 547 g/mol. The lowest BCUT2D eigenvalue weighted by Crippen LogP contribution is -2.50. The van der Waals surface area contributed by atoms with Gasteiger partial charge in [0.1, 0.15) is 5.75 Å². The number of ether oxygens (including phenoxy) is 3. The highest BCUT2D eigenvalue weighted by molar-refractivity contribution is 5.90. The van der Waals surface area contributed by atoms with E-state index in [1.54, 1.807) is 42.4 Å². The average molecular weight is 548 g/mol. The van der Waals surface area contributed by atoms with Crippen molar-refractivity contribution in [2.75, 3.05) is 32.2 Å². The predicted molar refractivity (Wildman–Crippen MR) is 149 cm³/mol. The summed E-state index contributed by atoms with van der Waals surface area (Å²) in [5.41, 5.74) is 0.733. The highest BCUT2D eigenvalue weighted by Crippen LogP contribution is 2.37. The van der Waals surface area contributed by atoms with Crippen molar-refractivity contribution in [2.24, 2.45) is 7.05 Å². The maximum Gasteiger partial charge on any atom is 0.262 e. The molecule has 2 aromatic heterocycles. The Hall–Kier alpha value is -4.51. The predicted octanol–water partition coefficient (Wildman–Crippen LogP) is 4.05. The number of halogens is 1. The number of pyridine rings is 1. The van der Waals surface area contributed by atoms with E-state index in [-0.39, 0.29) is 29.2 Å². The number of methoxy groups -OCH3 is 2. The van der Waals surface area contributed by atoms with E-state index < -0.39 is 11.4 Å². The maximum absolute atomic E-state index is 15.3. The third kappa shape index (κ3) is 5.07. The van der Waals surface area contributed by atoms with E-state index in [0.717, 1.165) is 19.4 Å². The molecule has 3 heterocycles. The summed E-state index contributed by atoms with van der Waals surface area (Å²) in [6.45, 7) is 2.97. The van der Waals surface area contributed by atoms with Crippen molar-refractivity contribution in [1.29, 1.82) is 0 Å². The van der Waals surface area contributed by atoms with E-state index in [4.69, 9.17) is 14.2 Å². The van der Waals surface area contributed by atoms with Gasteiger partial charge < -0.3 is 19.5 Å². The molecule has 0 radical (unpaired) electrons. The highest BCUT2D eigenvalue weighted by Gasteiger charge is 2.28. The number of amides is 1. The molecule has 1 unspecified atom stereocenters. The summed E-state index contributed by atoms with van der Waals surface area (Å²) in [5, 5.41) is 3.89. The largest absolute Gasteiger partial charge is 0.493 e. The van der Waals surface area contributed by atoms with Gasteiger partial charge in [0.2, 0.25) is 11.9 Å². The number of hydrogen-bond donors (Lipinski definition) is 1. The van der Waals surface area contributed by atoms with Gasteiger partial charge >= 0.3 is 0 Å². The molecular weight excluding hydrogens is 517 g/mol. The van der Waals surface area contributed by atoms with Crippen LogP contribution in [0.15, 0.2) is 53.6 Å². The van der Waals surface area contributed by atoms with Crippen molar-refractivity contribution < 1.29 is 23.4 Å².